The number of aryl methyl sites for hydroxylation is 2. The number of aliphatic imine (C=N–C) groups is 1. The number of benzene rings is 1. The minimum Gasteiger partial charge on any atom is -0.357 e. The number of guanidine groups is 1. The second-order valence-electron chi connectivity index (χ2n) is 8.07. The van der Waals surface area contributed by atoms with E-state index in [-0.39, 0.29) is 17.5 Å². The van der Waals surface area contributed by atoms with Crippen LogP contribution in [0.5, 0.6) is 0 Å². The van der Waals surface area contributed by atoms with Gasteiger partial charge in [0, 0.05) is 50.6 Å². The number of rotatable bonds is 7. The fraction of sp³-hybridized carbons (Fsp3) is 0.545. The van der Waals surface area contributed by atoms with Crippen molar-refractivity contribution >= 4 is 17.6 Å². The van der Waals surface area contributed by atoms with Crippen molar-refractivity contribution in [3.8, 4) is 0 Å². The van der Waals surface area contributed by atoms with Gasteiger partial charge in [0.25, 0.3) is 0 Å². The van der Waals surface area contributed by atoms with E-state index in [0.717, 1.165) is 61.8 Å². The highest BCUT2D eigenvalue weighted by Crippen LogP contribution is 2.31. The van der Waals surface area contributed by atoms with Crippen molar-refractivity contribution in [1.29, 1.82) is 0 Å². The molecule has 3 N–H and O–H groups in total. The summed E-state index contributed by atoms with van der Waals surface area (Å²) in [4.78, 5) is 29.2. The zero-order valence-electron chi connectivity index (χ0n) is 18.1. The normalized spacial score (nSPS) is 18.2. The summed E-state index contributed by atoms with van der Waals surface area (Å²) in [5, 5.41) is 14.0. The first-order valence-corrected chi connectivity index (χ1v) is 11.2. The summed E-state index contributed by atoms with van der Waals surface area (Å²) in [5.74, 6) is 1.74. The summed E-state index contributed by atoms with van der Waals surface area (Å²) in [6, 6.07) is 7.91. The van der Waals surface area contributed by atoms with Gasteiger partial charge in [-0.25, -0.2) is 9.48 Å². The summed E-state index contributed by atoms with van der Waals surface area (Å²) in [5.41, 5.74) is 2.01. The number of aromatic nitrogens is 3. The Balaban J connectivity index is 1.32. The van der Waals surface area contributed by atoms with Gasteiger partial charge in [0.2, 0.25) is 5.91 Å². The van der Waals surface area contributed by atoms with E-state index in [1.165, 1.54) is 0 Å². The molecule has 1 aromatic heterocycles. The molecule has 1 unspecified atom stereocenters. The molecule has 9 heteroatoms. The predicted molar refractivity (Wildman–Crippen MR) is 120 cm³/mol. The number of nitrogens with zero attached hydrogens (tertiary/aromatic N) is 4. The molecule has 0 radical (unpaired) electrons. The van der Waals surface area contributed by atoms with Gasteiger partial charge in [-0.15, -0.1) is 0 Å². The summed E-state index contributed by atoms with van der Waals surface area (Å²) >= 11 is 0. The zero-order valence-corrected chi connectivity index (χ0v) is 18.1. The van der Waals surface area contributed by atoms with Crippen molar-refractivity contribution in [2.45, 2.75) is 58.0 Å². The van der Waals surface area contributed by atoms with E-state index in [9.17, 15) is 9.59 Å². The number of para-hydroxylation sites is 1. The second kappa shape index (κ2) is 9.80. The standard InChI is InChI=1S/C22H31N7O2/c1-2-23-21(25-15-16-14-20(30)26-18-9-4-3-8-17(16)18)24-11-7-13-29-22(31)28-12-6-5-10-19(28)27-29/h3-4,8-9,16H,2,5-7,10-15H2,1H3,(H,26,30)(H2,23,24,25). The second-order valence-corrected chi connectivity index (χ2v) is 8.07. The van der Waals surface area contributed by atoms with Gasteiger partial charge in [-0.05, 0) is 37.8 Å². The molecule has 0 bridgehead atoms. The molecule has 1 aromatic carbocycles. The Hall–Kier alpha value is -3.10. The molecule has 1 atom stereocenters. The van der Waals surface area contributed by atoms with Crippen LogP contribution in [0.25, 0.3) is 0 Å². The van der Waals surface area contributed by atoms with Crippen LogP contribution in [0.2, 0.25) is 0 Å². The van der Waals surface area contributed by atoms with Gasteiger partial charge in [-0.2, -0.15) is 5.10 Å². The SMILES string of the molecule is CCNC(=NCC1CC(=O)Nc2ccccc21)NCCCn1nc2n(c1=O)CCCC2. The molecular formula is C22H31N7O2. The van der Waals surface area contributed by atoms with Crippen LogP contribution >= 0.6 is 0 Å². The molecule has 0 saturated heterocycles. The molecule has 4 rings (SSSR count). The number of hydrogen-bond donors (Lipinski definition) is 3. The third kappa shape index (κ3) is 4.98. The van der Waals surface area contributed by atoms with E-state index >= 15 is 0 Å². The quantitative estimate of drug-likeness (QED) is 0.354. The molecule has 2 aliphatic heterocycles. The Morgan fingerprint density at radius 3 is 2.97 bits per heavy atom. The molecule has 166 valence electrons. The van der Waals surface area contributed by atoms with Gasteiger partial charge in [0.1, 0.15) is 5.82 Å². The number of nitrogens with one attached hydrogen (secondary N) is 3. The molecule has 31 heavy (non-hydrogen) atoms. The van der Waals surface area contributed by atoms with Gasteiger partial charge in [0.05, 0.1) is 6.54 Å². The van der Waals surface area contributed by atoms with Crippen LogP contribution < -0.4 is 21.6 Å². The number of amides is 1. The maximum absolute atomic E-state index is 12.4. The average Bonchev–Trinajstić information content (AvgIpc) is 3.10. The van der Waals surface area contributed by atoms with Gasteiger partial charge < -0.3 is 16.0 Å². The van der Waals surface area contributed by atoms with Gasteiger partial charge in [-0.3, -0.25) is 14.4 Å². The van der Waals surface area contributed by atoms with E-state index in [1.54, 1.807) is 9.25 Å². The smallest absolute Gasteiger partial charge is 0.345 e. The van der Waals surface area contributed by atoms with Crippen LogP contribution in [0.4, 0.5) is 5.69 Å². The summed E-state index contributed by atoms with van der Waals surface area (Å²) in [6.45, 7) is 5.36. The summed E-state index contributed by atoms with van der Waals surface area (Å²) in [6.07, 6.45) is 4.26. The lowest BCUT2D eigenvalue weighted by molar-refractivity contribution is -0.116. The molecule has 9 nitrogen and oxygen atoms in total. The molecule has 0 spiro atoms. The van der Waals surface area contributed by atoms with Crippen LogP contribution in [-0.4, -0.2) is 45.8 Å². The third-order valence-corrected chi connectivity index (χ3v) is 5.79. The van der Waals surface area contributed by atoms with Crippen LogP contribution in [0, 0.1) is 0 Å². The van der Waals surface area contributed by atoms with Crippen molar-refractivity contribution in [3.05, 3.63) is 46.1 Å². The fourth-order valence-corrected chi connectivity index (χ4v) is 4.24. The first-order valence-electron chi connectivity index (χ1n) is 11.2. The Bertz CT molecular complexity index is 1010. The Morgan fingerprint density at radius 2 is 2.13 bits per heavy atom. The molecular weight excluding hydrogens is 394 g/mol. The first-order chi connectivity index (χ1) is 15.2. The summed E-state index contributed by atoms with van der Waals surface area (Å²) < 4.78 is 3.39. The predicted octanol–water partition coefficient (Wildman–Crippen LogP) is 1.45. The minimum atomic E-state index is 0.00418. The molecule has 2 aromatic rings. The van der Waals surface area contributed by atoms with Crippen molar-refractivity contribution in [3.63, 3.8) is 0 Å². The Morgan fingerprint density at radius 1 is 1.26 bits per heavy atom. The topological polar surface area (TPSA) is 105 Å². The maximum atomic E-state index is 12.4. The van der Waals surface area contributed by atoms with Gasteiger partial charge >= 0.3 is 5.69 Å². The number of hydrogen-bond acceptors (Lipinski definition) is 4. The largest absolute Gasteiger partial charge is 0.357 e. The third-order valence-electron chi connectivity index (χ3n) is 5.79. The lowest BCUT2D eigenvalue weighted by atomic mass is 9.91. The minimum absolute atomic E-state index is 0.00418. The number of carbonyl (C=O) groups is 1. The lowest BCUT2D eigenvalue weighted by Gasteiger charge is -2.24. The first kappa shape index (κ1) is 21.1. The molecule has 1 amide bonds. The van der Waals surface area contributed by atoms with E-state index in [1.807, 2.05) is 25.1 Å². The van der Waals surface area contributed by atoms with Gasteiger partial charge in [-0.1, -0.05) is 18.2 Å². The highest BCUT2D eigenvalue weighted by atomic mass is 16.2. The van der Waals surface area contributed by atoms with E-state index in [0.29, 0.717) is 26.1 Å². The van der Waals surface area contributed by atoms with Crippen LogP contribution in [0.3, 0.4) is 0 Å². The highest BCUT2D eigenvalue weighted by molar-refractivity contribution is 5.94. The molecule has 2 aliphatic rings. The van der Waals surface area contributed by atoms with Crippen molar-refractivity contribution in [2.24, 2.45) is 4.99 Å². The van der Waals surface area contributed by atoms with Crippen molar-refractivity contribution in [1.82, 2.24) is 25.0 Å². The zero-order chi connectivity index (χ0) is 21.6. The molecule has 0 aliphatic carbocycles. The van der Waals surface area contributed by atoms with E-state index in [4.69, 9.17) is 4.99 Å². The highest BCUT2D eigenvalue weighted by Gasteiger charge is 2.24. The van der Waals surface area contributed by atoms with Crippen LogP contribution in [0.1, 0.15) is 49.9 Å². The molecule has 3 heterocycles. The summed E-state index contributed by atoms with van der Waals surface area (Å²) in [7, 11) is 0. The fourth-order valence-electron chi connectivity index (χ4n) is 4.24. The van der Waals surface area contributed by atoms with E-state index in [2.05, 4.69) is 27.1 Å². The Labute approximate surface area is 181 Å². The van der Waals surface area contributed by atoms with Crippen LogP contribution in [-0.2, 0) is 24.3 Å². The van der Waals surface area contributed by atoms with Crippen molar-refractivity contribution < 1.29 is 4.79 Å². The number of fused-ring (bicyclic) bond motifs is 2. The van der Waals surface area contributed by atoms with Crippen molar-refractivity contribution in [2.75, 3.05) is 25.0 Å². The number of carbonyl (C=O) groups excluding carboxylic acids is 1. The van der Waals surface area contributed by atoms with Gasteiger partial charge in [0.15, 0.2) is 5.96 Å². The van der Waals surface area contributed by atoms with Crippen LogP contribution in [0.15, 0.2) is 34.1 Å². The molecule has 0 saturated carbocycles. The molecule has 0 fully saturated rings. The Kier molecular flexibility index (Phi) is 6.69. The lowest BCUT2D eigenvalue weighted by Crippen LogP contribution is -2.39. The maximum Gasteiger partial charge on any atom is 0.345 e. The van der Waals surface area contributed by atoms with E-state index < -0.39 is 0 Å². The average molecular weight is 426 g/mol. The monoisotopic (exact) mass is 425 g/mol. The number of anilines is 1.